The van der Waals surface area contributed by atoms with Gasteiger partial charge in [-0.05, 0) is 6.42 Å². The first-order chi connectivity index (χ1) is 3.65. The summed E-state index contributed by atoms with van der Waals surface area (Å²) in [7, 11) is 0. The molecule has 0 aromatic rings. The minimum Gasteiger partial charge on any atom is -0.358 e. The minimum atomic E-state index is -1.75. The van der Waals surface area contributed by atoms with Crippen molar-refractivity contribution in [2.24, 2.45) is 0 Å². The van der Waals surface area contributed by atoms with Gasteiger partial charge in [-0.15, -0.1) is 0 Å². The lowest BCUT2D eigenvalue weighted by molar-refractivity contribution is -0.402. The van der Waals surface area contributed by atoms with E-state index in [2.05, 4.69) is 12.7 Å². The maximum Gasteiger partial charge on any atom is 0.0737 e. The highest BCUT2D eigenvalue weighted by Crippen LogP contribution is 1.54. The van der Waals surface area contributed by atoms with Crippen molar-refractivity contribution < 1.29 is 10.8 Å². The highest BCUT2D eigenvalue weighted by atomic mass is 16.9. The van der Waals surface area contributed by atoms with E-state index in [9.17, 15) is 0 Å². The van der Waals surface area contributed by atoms with Crippen LogP contribution >= 0.6 is 0 Å². The second kappa shape index (κ2) is 9.48. The first-order valence-corrected chi connectivity index (χ1v) is 2.25. The Labute approximate surface area is 47.2 Å². The lowest BCUT2D eigenvalue weighted by Crippen LogP contribution is -2.49. The van der Waals surface area contributed by atoms with Gasteiger partial charge in [-0.1, -0.05) is 6.92 Å². The zero-order chi connectivity index (χ0) is 6.99. The maximum atomic E-state index is 8.25. The standard InChI is InChI=1S/C3H9N.NO3/c1-2-3-4;2-1(3)4/h2-4H2,1H3;/q;-1/p+1. The van der Waals surface area contributed by atoms with E-state index in [1.54, 1.807) is 0 Å². The molecule has 0 unspecified atom stereocenters. The zero-order valence-corrected chi connectivity index (χ0v) is 4.79. The Morgan fingerprint density at radius 1 is 1.62 bits per heavy atom. The molecule has 8 heavy (non-hydrogen) atoms. The predicted molar refractivity (Wildman–Crippen MR) is 28.4 cm³/mol. The van der Waals surface area contributed by atoms with Crippen LogP contribution in [-0.2, 0) is 0 Å². The van der Waals surface area contributed by atoms with E-state index in [0.717, 1.165) is 6.54 Å². The molecule has 0 atom stereocenters. The molecule has 5 heteroatoms. The molecule has 0 aliphatic heterocycles. The molecule has 0 rings (SSSR count). The second-order valence-corrected chi connectivity index (χ2v) is 1.08. The van der Waals surface area contributed by atoms with Crippen molar-refractivity contribution in [3.8, 4) is 0 Å². The van der Waals surface area contributed by atoms with E-state index >= 15 is 0 Å². The molecule has 3 N–H and O–H groups in total. The molecule has 5 nitrogen and oxygen atoms in total. The molecule has 0 aliphatic rings. The fraction of sp³-hybridized carbons (Fsp3) is 1.00. The Kier molecular flexibility index (Phi) is 12.1. The topological polar surface area (TPSA) is 93.8 Å². The van der Waals surface area contributed by atoms with Crippen LogP contribution in [0.1, 0.15) is 13.3 Å². The summed E-state index contributed by atoms with van der Waals surface area (Å²) in [6, 6.07) is 0. The third kappa shape index (κ3) is 3490. The molecule has 0 aromatic heterocycles. The van der Waals surface area contributed by atoms with Gasteiger partial charge in [-0.3, -0.25) is 0 Å². The number of quaternary nitrogens is 1. The van der Waals surface area contributed by atoms with E-state index < -0.39 is 5.09 Å². The highest BCUT2D eigenvalue weighted by Gasteiger charge is 1.59. The van der Waals surface area contributed by atoms with Gasteiger partial charge in [0.25, 0.3) is 0 Å². The number of hydrogen-bond donors (Lipinski definition) is 1. The SMILES string of the molecule is CCC[NH3+].O=[N+]([O-])[O-]. The van der Waals surface area contributed by atoms with Gasteiger partial charge < -0.3 is 21.1 Å². The van der Waals surface area contributed by atoms with Gasteiger partial charge >= 0.3 is 0 Å². The van der Waals surface area contributed by atoms with Crippen molar-refractivity contribution in [1.29, 1.82) is 0 Å². The average Bonchev–Trinajstić information content (AvgIpc) is 1.65. The normalized spacial score (nSPS) is 6.75. The Bertz CT molecular complexity index is 50.5. The summed E-state index contributed by atoms with van der Waals surface area (Å²) in [6.07, 6.45) is 1.21. The number of hydrogen-bond acceptors (Lipinski definition) is 3. The Hall–Kier alpha value is -0.840. The Morgan fingerprint density at radius 2 is 1.75 bits per heavy atom. The fourth-order valence-electron chi connectivity index (χ4n) is 0. The van der Waals surface area contributed by atoms with Crippen molar-refractivity contribution in [2.45, 2.75) is 13.3 Å². The summed E-state index contributed by atoms with van der Waals surface area (Å²) >= 11 is 0. The van der Waals surface area contributed by atoms with Crippen molar-refractivity contribution in [3.63, 3.8) is 0 Å². The van der Waals surface area contributed by atoms with E-state index in [-0.39, 0.29) is 0 Å². The average molecular weight is 122 g/mol. The predicted octanol–water partition coefficient (Wildman–Crippen LogP) is -0.601. The van der Waals surface area contributed by atoms with Crippen LogP contribution in [0.15, 0.2) is 0 Å². The molecule has 0 amide bonds. The molecule has 0 bridgehead atoms. The zero-order valence-electron chi connectivity index (χ0n) is 4.79. The highest BCUT2D eigenvalue weighted by molar-refractivity contribution is 4.07. The molecule has 0 saturated carbocycles. The summed E-state index contributed by atoms with van der Waals surface area (Å²) in [6.45, 7) is 3.19. The lowest BCUT2D eigenvalue weighted by Gasteiger charge is -1.74. The summed E-state index contributed by atoms with van der Waals surface area (Å²) < 4.78 is 0. The molecular formula is C3H10N2O3. The van der Waals surface area contributed by atoms with Gasteiger partial charge in [0, 0.05) is 0 Å². The van der Waals surface area contributed by atoms with Crippen LogP contribution in [0.3, 0.4) is 0 Å². The fourth-order valence-corrected chi connectivity index (χ4v) is 0. The van der Waals surface area contributed by atoms with Gasteiger partial charge in [-0.2, -0.15) is 0 Å². The summed E-state index contributed by atoms with van der Waals surface area (Å²) in [5, 5.41) is 14.8. The van der Waals surface area contributed by atoms with Crippen LogP contribution in [0, 0.1) is 15.3 Å². The van der Waals surface area contributed by atoms with E-state index in [1.807, 2.05) is 0 Å². The van der Waals surface area contributed by atoms with Crippen LogP contribution in [0.5, 0.6) is 0 Å². The van der Waals surface area contributed by atoms with Gasteiger partial charge in [-0.25, -0.2) is 0 Å². The molecule has 50 valence electrons. The van der Waals surface area contributed by atoms with Gasteiger partial charge in [0.15, 0.2) is 0 Å². The monoisotopic (exact) mass is 122 g/mol. The van der Waals surface area contributed by atoms with Crippen LogP contribution in [0.25, 0.3) is 0 Å². The van der Waals surface area contributed by atoms with Gasteiger partial charge in [0.1, 0.15) is 0 Å². The minimum absolute atomic E-state index is 1.07. The molecule has 0 spiro atoms. The van der Waals surface area contributed by atoms with E-state index in [0.29, 0.717) is 0 Å². The van der Waals surface area contributed by atoms with Crippen molar-refractivity contribution in [3.05, 3.63) is 15.3 Å². The quantitative estimate of drug-likeness (QED) is 0.371. The summed E-state index contributed by atoms with van der Waals surface area (Å²) in [4.78, 5) is 8.25. The largest absolute Gasteiger partial charge is 0.358 e. The second-order valence-electron chi connectivity index (χ2n) is 1.08. The lowest BCUT2D eigenvalue weighted by atomic mass is 10.5. The first-order valence-electron chi connectivity index (χ1n) is 2.25. The van der Waals surface area contributed by atoms with Crippen molar-refractivity contribution >= 4 is 0 Å². The number of nitrogens with zero attached hydrogens (tertiary/aromatic N) is 1. The third-order valence-corrected chi connectivity index (χ3v) is 0.354. The Balaban J connectivity index is 0. The van der Waals surface area contributed by atoms with Gasteiger partial charge in [0.05, 0.1) is 11.6 Å². The van der Waals surface area contributed by atoms with Crippen LogP contribution in [-0.4, -0.2) is 11.6 Å². The molecule has 0 aromatic carbocycles. The number of rotatable bonds is 1. The maximum absolute atomic E-state index is 8.25. The molecule has 0 heterocycles. The molecule has 0 aliphatic carbocycles. The summed E-state index contributed by atoms with van der Waals surface area (Å²) in [5.74, 6) is 0. The first kappa shape index (κ1) is 10.2. The summed E-state index contributed by atoms with van der Waals surface area (Å²) in [5.41, 5.74) is 3.60. The van der Waals surface area contributed by atoms with E-state index in [1.165, 1.54) is 6.42 Å². The molecular weight excluding hydrogens is 112 g/mol. The van der Waals surface area contributed by atoms with Crippen molar-refractivity contribution in [2.75, 3.05) is 6.54 Å². The van der Waals surface area contributed by atoms with Crippen molar-refractivity contribution in [1.82, 2.24) is 0 Å². The molecule has 0 saturated heterocycles. The molecule has 0 fully saturated rings. The van der Waals surface area contributed by atoms with Crippen LogP contribution in [0.2, 0.25) is 0 Å². The van der Waals surface area contributed by atoms with Crippen LogP contribution in [0.4, 0.5) is 0 Å². The smallest absolute Gasteiger partial charge is 0.0737 e. The molecule has 0 radical (unpaired) electrons. The van der Waals surface area contributed by atoms with E-state index in [4.69, 9.17) is 15.3 Å². The van der Waals surface area contributed by atoms with Gasteiger partial charge in [0.2, 0.25) is 0 Å². The third-order valence-electron chi connectivity index (χ3n) is 0.354. The van der Waals surface area contributed by atoms with Crippen LogP contribution < -0.4 is 5.73 Å². The Morgan fingerprint density at radius 3 is 1.75 bits per heavy atom.